The summed E-state index contributed by atoms with van der Waals surface area (Å²) >= 11 is 0. The molecule has 2 fully saturated rings. The summed E-state index contributed by atoms with van der Waals surface area (Å²) in [6.07, 6.45) is 8.75. The average Bonchev–Trinajstić information content (AvgIpc) is 3.16. The summed E-state index contributed by atoms with van der Waals surface area (Å²) in [6, 6.07) is 6.24. The van der Waals surface area contributed by atoms with Crippen molar-refractivity contribution in [1.29, 1.82) is 0 Å². The number of rotatable bonds is 6. The Kier molecular flexibility index (Phi) is 10.0. The Morgan fingerprint density at radius 2 is 1.84 bits per heavy atom. The van der Waals surface area contributed by atoms with E-state index in [1.165, 1.54) is 31.2 Å². The van der Waals surface area contributed by atoms with E-state index >= 15 is 0 Å². The highest BCUT2D eigenvalue weighted by molar-refractivity contribution is 14.0. The molecule has 32 heavy (non-hydrogen) atoms. The smallest absolute Gasteiger partial charge is 0.194 e. The fourth-order valence-electron chi connectivity index (χ4n) is 4.29. The third-order valence-electron chi connectivity index (χ3n) is 6.03. The van der Waals surface area contributed by atoms with Crippen molar-refractivity contribution in [1.82, 2.24) is 25.3 Å². The number of nitrogens with one attached hydrogen (secondary N) is 1. The minimum atomic E-state index is 0. The van der Waals surface area contributed by atoms with E-state index in [1.807, 2.05) is 12.3 Å². The predicted molar refractivity (Wildman–Crippen MR) is 139 cm³/mol. The summed E-state index contributed by atoms with van der Waals surface area (Å²) in [6.45, 7) is 10.6. The molecule has 2 aliphatic rings. The number of aliphatic imine (C=N–C) groups is 1. The van der Waals surface area contributed by atoms with Gasteiger partial charge in [-0.2, -0.15) is 0 Å². The molecule has 2 aromatic heterocycles. The van der Waals surface area contributed by atoms with Gasteiger partial charge in [0.15, 0.2) is 5.96 Å². The lowest BCUT2D eigenvalue weighted by Gasteiger charge is -2.36. The maximum Gasteiger partial charge on any atom is 0.194 e. The van der Waals surface area contributed by atoms with E-state index in [-0.39, 0.29) is 24.0 Å². The van der Waals surface area contributed by atoms with Gasteiger partial charge in [-0.05, 0) is 37.5 Å². The van der Waals surface area contributed by atoms with Crippen LogP contribution in [-0.4, -0.2) is 71.7 Å². The Labute approximate surface area is 208 Å². The summed E-state index contributed by atoms with van der Waals surface area (Å²) in [4.78, 5) is 16.8. The molecule has 0 spiro atoms. The molecule has 4 heterocycles. The molecule has 1 N–H and O–H groups in total. The zero-order valence-corrected chi connectivity index (χ0v) is 21.4. The number of pyridine rings is 1. The Hall–Kier alpha value is -1.88. The van der Waals surface area contributed by atoms with Crippen molar-refractivity contribution in [2.75, 3.05) is 50.7 Å². The van der Waals surface area contributed by atoms with Gasteiger partial charge >= 0.3 is 0 Å². The van der Waals surface area contributed by atoms with E-state index in [9.17, 15) is 0 Å². The molecule has 0 saturated carbocycles. The van der Waals surface area contributed by atoms with Crippen LogP contribution in [0.15, 0.2) is 40.2 Å². The van der Waals surface area contributed by atoms with Gasteiger partial charge in [-0.25, -0.2) is 9.98 Å². The molecular weight excluding hydrogens is 517 g/mol. The van der Waals surface area contributed by atoms with Gasteiger partial charge in [-0.3, -0.25) is 4.90 Å². The Morgan fingerprint density at radius 1 is 1.06 bits per heavy atom. The van der Waals surface area contributed by atoms with Gasteiger partial charge in [0.05, 0.1) is 12.2 Å². The molecule has 0 aromatic carbocycles. The van der Waals surface area contributed by atoms with Gasteiger partial charge in [0.1, 0.15) is 12.1 Å². The van der Waals surface area contributed by atoms with Crippen molar-refractivity contribution in [3.63, 3.8) is 0 Å². The number of guanidine groups is 1. The molecule has 0 atom stereocenters. The van der Waals surface area contributed by atoms with Crippen molar-refractivity contribution in [2.45, 2.75) is 45.7 Å². The van der Waals surface area contributed by atoms with Gasteiger partial charge in [0.2, 0.25) is 0 Å². The van der Waals surface area contributed by atoms with Crippen LogP contribution in [-0.2, 0) is 13.1 Å². The number of hydrogen-bond donors (Lipinski definition) is 1. The second-order valence-corrected chi connectivity index (χ2v) is 8.35. The zero-order chi connectivity index (χ0) is 21.3. The molecule has 176 valence electrons. The van der Waals surface area contributed by atoms with Crippen LogP contribution < -0.4 is 10.2 Å². The van der Waals surface area contributed by atoms with Crippen LogP contribution in [0, 0.1) is 0 Å². The molecule has 8 nitrogen and oxygen atoms in total. The highest BCUT2D eigenvalue weighted by Gasteiger charge is 2.20. The minimum absolute atomic E-state index is 0. The van der Waals surface area contributed by atoms with Gasteiger partial charge < -0.3 is 19.6 Å². The monoisotopic (exact) mass is 553 g/mol. The molecule has 2 saturated heterocycles. The summed E-state index contributed by atoms with van der Waals surface area (Å²) < 4.78 is 4.95. The quantitative estimate of drug-likeness (QED) is 0.334. The van der Waals surface area contributed by atoms with E-state index in [2.05, 4.69) is 49.2 Å². The number of halogens is 1. The Morgan fingerprint density at radius 3 is 2.53 bits per heavy atom. The summed E-state index contributed by atoms with van der Waals surface area (Å²) in [5.74, 6) is 2.10. The van der Waals surface area contributed by atoms with E-state index < -0.39 is 0 Å². The van der Waals surface area contributed by atoms with Crippen molar-refractivity contribution in [3.05, 3.63) is 41.9 Å². The van der Waals surface area contributed by atoms with Gasteiger partial charge in [0.25, 0.3) is 0 Å². The minimum Gasteiger partial charge on any atom is -0.364 e. The normalized spacial score (nSPS) is 18.2. The van der Waals surface area contributed by atoms with E-state index in [0.29, 0.717) is 6.54 Å². The van der Waals surface area contributed by atoms with E-state index in [0.717, 1.165) is 69.8 Å². The molecule has 0 amide bonds. The largest absolute Gasteiger partial charge is 0.364 e. The molecule has 2 aliphatic heterocycles. The van der Waals surface area contributed by atoms with Crippen LogP contribution in [0.5, 0.6) is 0 Å². The maximum absolute atomic E-state index is 4.95. The molecule has 0 aliphatic carbocycles. The first kappa shape index (κ1) is 24.8. The third kappa shape index (κ3) is 7.06. The first-order valence-electron chi connectivity index (χ1n) is 11.7. The Balaban J connectivity index is 0.00000289. The number of aromatic nitrogens is 2. The summed E-state index contributed by atoms with van der Waals surface area (Å²) in [5, 5.41) is 7.50. The van der Waals surface area contributed by atoms with Crippen LogP contribution in [0.2, 0.25) is 0 Å². The van der Waals surface area contributed by atoms with Crippen LogP contribution in [0.4, 0.5) is 5.82 Å². The van der Waals surface area contributed by atoms with Crippen LogP contribution in [0.25, 0.3) is 0 Å². The van der Waals surface area contributed by atoms with E-state index in [1.54, 1.807) is 6.26 Å². The molecule has 4 rings (SSSR count). The van der Waals surface area contributed by atoms with Crippen molar-refractivity contribution in [2.24, 2.45) is 4.99 Å². The lowest BCUT2D eigenvalue weighted by molar-refractivity contribution is 0.169. The SMILES string of the molecule is CCNC(=NCc1ccnc(N2CCCCCC2)c1)N1CCN(Cc2ccon2)CC1.I. The van der Waals surface area contributed by atoms with Gasteiger partial charge in [-0.1, -0.05) is 18.0 Å². The van der Waals surface area contributed by atoms with Gasteiger partial charge in [0, 0.05) is 64.6 Å². The van der Waals surface area contributed by atoms with Crippen LogP contribution in [0.3, 0.4) is 0 Å². The first-order valence-corrected chi connectivity index (χ1v) is 11.7. The van der Waals surface area contributed by atoms with Crippen LogP contribution >= 0.6 is 24.0 Å². The highest BCUT2D eigenvalue weighted by Crippen LogP contribution is 2.18. The number of piperazine rings is 1. The molecule has 9 heteroatoms. The highest BCUT2D eigenvalue weighted by atomic mass is 127. The molecule has 0 bridgehead atoms. The second kappa shape index (κ2) is 13.0. The van der Waals surface area contributed by atoms with Crippen LogP contribution in [0.1, 0.15) is 43.9 Å². The maximum atomic E-state index is 4.95. The third-order valence-corrected chi connectivity index (χ3v) is 6.03. The first-order chi connectivity index (χ1) is 15.3. The Bertz CT molecular complexity index is 814. The topological polar surface area (TPSA) is 73.0 Å². The van der Waals surface area contributed by atoms with E-state index in [4.69, 9.17) is 9.52 Å². The predicted octanol–water partition coefficient (Wildman–Crippen LogP) is 3.35. The molecule has 0 radical (unpaired) electrons. The number of anilines is 1. The summed E-state index contributed by atoms with van der Waals surface area (Å²) in [7, 11) is 0. The fraction of sp³-hybridized carbons (Fsp3) is 0.609. The molecular formula is C23H36IN7O. The van der Waals surface area contributed by atoms with Crippen molar-refractivity contribution in [3.8, 4) is 0 Å². The second-order valence-electron chi connectivity index (χ2n) is 8.35. The standard InChI is InChI=1S/C23H35N7O.HI/c1-2-24-23(30-14-12-28(13-15-30)19-21-8-16-31-27-21)26-18-20-7-9-25-22(17-20)29-10-5-3-4-6-11-29;/h7-9,16-17H,2-6,10-15,18-19H2,1H3,(H,24,26);1H. The van der Waals surface area contributed by atoms with Gasteiger partial charge in [-0.15, -0.1) is 24.0 Å². The van der Waals surface area contributed by atoms with Crippen molar-refractivity contribution < 1.29 is 4.52 Å². The molecule has 2 aromatic rings. The lowest BCUT2D eigenvalue weighted by Crippen LogP contribution is -2.52. The zero-order valence-electron chi connectivity index (χ0n) is 19.1. The lowest BCUT2D eigenvalue weighted by atomic mass is 10.2. The number of nitrogens with zero attached hydrogens (tertiary/aromatic N) is 6. The molecule has 0 unspecified atom stereocenters. The van der Waals surface area contributed by atoms with Crippen molar-refractivity contribution >= 4 is 35.8 Å². The summed E-state index contributed by atoms with van der Waals surface area (Å²) in [5.41, 5.74) is 2.21. The number of hydrogen-bond acceptors (Lipinski definition) is 6. The fourth-order valence-corrected chi connectivity index (χ4v) is 4.29. The average molecular weight is 553 g/mol.